The van der Waals surface area contributed by atoms with Crippen LogP contribution in [0.3, 0.4) is 0 Å². The summed E-state index contributed by atoms with van der Waals surface area (Å²) in [5, 5.41) is 0.600. The average molecular weight is 565 g/mol. The van der Waals surface area contributed by atoms with Crippen LogP contribution in [0, 0.1) is 0 Å². The quantitative estimate of drug-likeness (QED) is 0.280. The van der Waals surface area contributed by atoms with E-state index in [4.69, 9.17) is 11.6 Å². The standard InChI is InChI=1S/C29H32ClF3N2O2S/c1-34(38(36,37)28-11-3-2-4-12-28)21-25(24-8-6-10-27(30)20-24)15-18-35-16-13-22(14-17-35)23-7-5-9-26(19-23)29(31,32)33/h2-12,19-20,22,25H,13-18,21H2,1H3/t25-/m1/s1. The Balaban J connectivity index is 1.41. The molecule has 4 nitrogen and oxygen atoms in total. The second-order valence-corrected chi connectivity index (χ2v) is 12.4. The average Bonchev–Trinajstić information content (AvgIpc) is 2.91. The molecular weight excluding hydrogens is 533 g/mol. The molecule has 0 N–H and O–H groups in total. The van der Waals surface area contributed by atoms with E-state index < -0.39 is 21.8 Å². The molecule has 1 saturated heterocycles. The number of halogens is 4. The van der Waals surface area contributed by atoms with Gasteiger partial charge in [0, 0.05) is 18.6 Å². The monoisotopic (exact) mass is 564 g/mol. The van der Waals surface area contributed by atoms with E-state index in [0.717, 1.165) is 56.1 Å². The van der Waals surface area contributed by atoms with E-state index in [0.29, 0.717) is 11.6 Å². The first-order valence-corrected chi connectivity index (χ1v) is 14.5. The van der Waals surface area contributed by atoms with E-state index in [1.807, 2.05) is 18.2 Å². The molecule has 1 atom stereocenters. The van der Waals surface area contributed by atoms with Crippen molar-refractivity contribution in [3.63, 3.8) is 0 Å². The van der Waals surface area contributed by atoms with E-state index in [9.17, 15) is 21.6 Å². The van der Waals surface area contributed by atoms with Gasteiger partial charge < -0.3 is 4.90 Å². The van der Waals surface area contributed by atoms with Crippen LogP contribution in [-0.2, 0) is 16.2 Å². The summed E-state index contributed by atoms with van der Waals surface area (Å²) >= 11 is 6.26. The van der Waals surface area contributed by atoms with Gasteiger partial charge in [0.25, 0.3) is 0 Å². The normalized spacial score (nSPS) is 16.6. The summed E-state index contributed by atoms with van der Waals surface area (Å²) in [7, 11) is -2.04. The molecular formula is C29H32ClF3N2O2S. The minimum Gasteiger partial charge on any atom is -0.303 e. The van der Waals surface area contributed by atoms with Crippen molar-refractivity contribution in [1.82, 2.24) is 9.21 Å². The van der Waals surface area contributed by atoms with E-state index in [1.165, 1.54) is 16.4 Å². The minimum absolute atomic E-state index is 0.0709. The molecule has 0 aliphatic carbocycles. The van der Waals surface area contributed by atoms with Crippen LogP contribution in [0.4, 0.5) is 13.2 Å². The molecule has 1 aliphatic rings. The summed E-state index contributed by atoms with van der Waals surface area (Å²) in [5.41, 5.74) is 1.12. The Morgan fingerprint density at radius 1 is 0.974 bits per heavy atom. The highest BCUT2D eigenvalue weighted by Gasteiger charge is 2.32. The van der Waals surface area contributed by atoms with Gasteiger partial charge >= 0.3 is 6.18 Å². The van der Waals surface area contributed by atoms with Crippen molar-refractivity contribution in [2.45, 2.75) is 42.2 Å². The van der Waals surface area contributed by atoms with Crippen LogP contribution in [0.2, 0.25) is 5.02 Å². The molecule has 1 heterocycles. The lowest BCUT2D eigenvalue weighted by molar-refractivity contribution is -0.137. The fraction of sp³-hybridized carbons (Fsp3) is 0.379. The van der Waals surface area contributed by atoms with E-state index in [1.54, 1.807) is 49.5 Å². The first-order valence-electron chi connectivity index (χ1n) is 12.7. The number of alkyl halides is 3. The lowest BCUT2D eigenvalue weighted by Gasteiger charge is -2.34. The summed E-state index contributed by atoms with van der Waals surface area (Å²) in [4.78, 5) is 2.57. The largest absolute Gasteiger partial charge is 0.416 e. The predicted molar refractivity (Wildman–Crippen MR) is 145 cm³/mol. The molecule has 9 heteroatoms. The zero-order chi connectivity index (χ0) is 27.3. The molecule has 1 aliphatic heterocycles. The summed E-state index contributed by atoms with van der Waals surface area (Å²) in [6, 6.07) is 21.6. The number of nitrogens with zero attached hydrogens (tertiary/aromatic N) is 2. The van der Waals surface area contributed by atoms with Crippen LogP contribution in [0.1, 0.15) is 47.8 Å². The number of hydrogen-bond donors (Lipinski definition) is 0. The highest BCUT2D eigenvalue weighted by molar-refractivity contribution is 7.89. The molecule has 4 rings (SSSR count). The SMILES string of the molecule is CN(C[C@@H](CCN1CCC(c2cccc(C(F)(F)F)c2)CC1)c1cccc(Cl)c1)S(=O)(=O)c1ccccc1. The van der Waals surface area contributed by atoms with Gasteiger partial charge in [-0.1, -0.05) is 60.1 Å². The van der Waals surface area contributed by atoms with Crippen molar-refractivity contribution < 1.29 is 21.6 Å². The summed E-state index contributed by atoms with van der Waals surface area (Å²) < 4.78 is 67.1. The highest BCUT2D eigenvalue weighted by Crippen LogP contribution is 2.34. The highest BCUT2D eigenvalue weighted by atomic mass is 35.5. The van der Waals surface area contributed by atoms with Crippen LogP contribution in [0.5, 0.6) is 0 Å². The molecule has 1 fully saturated rings. The second-order valence-electron chi connectivity index (χ2n) is 9.88. The zero-order valence-electron chi connectivity index (χ0n) is 21.2. The van der Waals surface area contributed by atoms with Crippen LogP contribution < -0.4 is 0 Å². The number of piperidine rings is 1. The number of benzene rings is 3. The Labute approximate surface area is 228 Å². The summed E-state index contributed by atoms with van der Waals surface area (Å²) in [5.74, 6) is 0.0257. The first kappa shape index (κ1) is 28.6. The molecule has 0 saturated carbocycles. The molecule has 0 unspecified atom stereocenters. The number of rotatable bonds is 9. The van der Waals surface area contributed by atoms with Crippen molar-refractivity contribution in [3.8, 4) is 0 Å². The topological polar surface area (TPSA) is 40.6 Å². The Hall–Kier alpha value is -2.39. The van der Waals surface area contributed by atoms with E-state index in [-0.39, 0.29) is 16.7 Å². The minimum atomic E-state index is -4.34. The third-order valence-electron chi connectivity index (χ3n) is 7.32. The third kappa shape index (κ3) is 7.17. The maximum absolute atomic E-state index is 13.1. The van der Waals surface area contributed by atoms with Gasteiger partial charge in [-0.05, 0) is 92.2 Å². The maximum atomic E-state index is 13.1. The molecule has 0 radical (unpaired) electrons. The van der Waals surface area contributed by atoms with Crippen LogP contribution in [0.15, 0.2) is 83.8 Å². The van der Waals surface area contributed by atoms with Gasteiger partial charge in [-0.2, -0.15) is 13.2 Å². The van der Waals surface area contributed by atoms with Crippen LogP contribution >= 0.6 is 11.6 Å². The van der Waals surface area contributed by atoms with Crippen LogP contribution in [0.25, 0.3) is 0 Å². The molecule has 0 amide bonds. The third-order valence-corrected chi connectivity index (χ3v) is 9.39. The molecule has 0 bridgehead atoms. The molecule has 3 aromatic rings. The molecule has 38 heavy (non-hydrogen) atoms. The number of sulfonamides is 1. The van der Waals surface area contributed by atoms with Crippen molar-refractivity contribution in [2.24, 2.45) is 0 Å². The zero-order valence-corrected chi connectivity index (χ0v) is 22.8. The van der Waals surface area contributed by atoms with E-state index in [2.05, 4.69) is 4.90 Å². The lowest BCUT2D eigenvalue weighted by Crippen LogP contribution is -2.36. The van der Waals surface area contributed by atoms with Crippen molar-refractivity contribution in [2.75, 3.05) is 33.2 Å². The van der Waals surface area contributed by atoms with Crippen molar-refractivity contribution in [1.29, 1.82) is 0 Å². The first-order chi connectivity index (χ1) is 18.0. The Morgan fingerprint density at radius 2 is 1.66 bits per heavy atom. The fourth-order valence-electron chi connectivity index (χ4n) is 5.10. The van der Waals surface area contributed by atoms with Gasteiger partial charge in [0.1, 0.15) is 0 Å². The van der Waals surface area contributed by atoms with E-state index >= 15 is 0 Å². The maximum Gasteiger partial charge on any atom is 0.416 e. The second kappa shape index (κ2) is 12.2. The summed E-state index contributed by atoms with van der Waals surface area (Å²) in [6.07, 6.45) is -2.05. The summed E-state index contributed by atoms with van der Waals surface area (Å²) in [6.45, 7) is 2.62. The Kier molecular flexibility index (Phi) is 9.19. The number of likely N-dealkylation sites (tertiary alicyclic amines) is 1. The van der Waals surface area contributed by atoms with Gasteiger partial charge in [-0.15, -0.1) is 0 Å². The number of likely N-dealkylation sites (N-methyl/N-ethyl adjacent to an activating group) is 1. The lowest BCUT2D eigenvalue weighted by atomic mass is 9.88. The Bertz CT molecular complexity index is 1310. The number of hydrogen-bond acceptors (Lipinski definition) is 3. The van der Waals surface area contributed by atoms with Gasteiger partial charge in [-0.3, -0.25) is 0 Å². The molecule has 0 spiro atoms. The molecule has 3 aromatic carbocycles. The molecule has 0 aromatic heterocycles. The van der Waals surface area contributed by atoms with Crippen molar-refractivity contribution in [3.05, 3.63) is 101 Å². The van der Waals surface area contributed by atoms with Crippen LogP contribution in [-0.4, -0.2) is 50.8 Å². The van der Waals surface area contributed by atoms with Crippen molar-refractivity contribution >= 4 is 21.6 Å². The Morgan fingerprint density at radius 3 is 2.32 bits per heavy atom. The smallest absolute Gasteiger partial charge is 0.303 e. The van der Waals surface area contributed by atoms with Gasteiger partial charge in [0.05, 0.1) is 10.5 Å². The van der Waals surface area contributed by atoms with Gasteiger partial charge in [-0.25, -0.2) is 12.7 Å². The van der Waals surface area contributed by atoms with Gasteiger partial charge in [0.2, 0.25) is 10.0 Å². The molecule has 204 valence electrons. The fourth-order valence-corrected chi connectivity index (χ4v) is 6.54. The van der Waals surface area contributed by atoms with Gasteiger partial charge in [0.15, 0.2) is 0 Å². The predicted octanol–water partition coefficient (Wildman–Crippen LogP) is 7.03.